The van der Waals surface area contributed by atoms with E-state index in [2.05, 4.69) is 22.2 Å². The third kappa shape index (κ3) is 2.60. The van der Waals surface area contributed by atoms with E-state index < -0.39 is 0 Å². The second-order valence-electron chi connectivity index (χ2n) is 6.08. The molecule has 110 valence electrons. The highest BCUT2D eigenvalue weighted by Gasteiger charge is 2.40. The monoisotopic (exact) mass is 277 g/mol. The standard InChI is InChI=1S/C16H24FN3/c1-19-10-12-20(13-11-19)16(6-8-18-9-7-16)14-2-4-15(17)5-3-14/h2-5,18H,6-13H2,1H3. The van der Waals surface area contributed by atoms with Crippen LogP contribution < -0.4 is 5.32 Å². The predicted octanol–water partition coefficient (Wildman–Crippen LogP) is 1.65. The number of halogens is 1. The van der Waals surface area contributed by atoms with Crippen LogP contribution in [0.3, 0.4) is 0 Å². The van der Waals surface area contributed by atoms with Crippen molar-refractivity contribution >= 4 is 0 Å². The van der Waals surface area contributed by atoms with Crippen LogP contribution in [0.1, 0.15) is 18.4 Å². The quantitative estimate of drug-likeness (QED) is 0.887. The zero-order valence-corrected chi connectivity index (χ0v) is 12.2. The number of hydrogen-bond acceptors (Lipinski definition) is 3. The molecule has 1 N–H and O–H groups in total. The van der Waals surface area contributed by atoms with Gasteiger partial charge in [0, 0.05) is 31.7 Å². The van der Waals surface area contributed by atoms with E-state index in [-0.39, 0.29) is 11.4 Å². The lowest BCUT2D eigenvalue weighted by molar-refractivity contribution is 0.0149. The molecular weight excluding hydrogens is 253 g/mol. The molecule has 0 spiro atoms. The molecule has 2 aliphatic heterocycles. The van der Waals surface area contributed by atoms with Crippen LogP contribution in [0.5, 0.6) is 0 Å². The van der Waals surface area contributed by atoms with Crippen molar-refractivity contribution in [3.05, 3.63) is 35.6 Å². The Balaban J connectivity index is 1.89. The van der Waals surface area contributed by atoms with E-state index in [9.17, 15) is 4.39 Å². The lowest BCUT2D eigenvalue weighted by atomic mass is 9.79. The first-order chi connectivity index (χ1) is 9.71. The van der Waals surface area contributed by atoms with Crippen LogP contribution in [0.2, 0.25) is 0 Å². The Labute approximate surface area is 120 Å². The summed E-state index contributed by atoms with van der Waals surface area (Å²) in [6.07, 6.45) is 2.23. The molecule has 1 aromatic rings. The van der Waals surface area contributed by atoms with Gasteiger partial charge >= 0.3 is 0 Å². The molecule has 2 fully saturated rings. The fraction of sp³-hybridized carbons (Fsp3) is 0.625. The molecule has 0 saturated carbocycles. The summed E-state index contributed by atoms with van der Waals surface area (Å²) in [7, 11) is 2.18. The number of benzene rings is 1. The van der Waals surface area contributed by atoms with Crippen molar-refractivity contribution in [1.82, 2.24) is 15.1 Å². The Morgan fingerprint density at radius 2 is 1.60 bits per heavy atom. The highest BCUT2D eigenvalue weighted by atomic mass is 19.1. The third-order valence-electron chi connectivity index (χ3n) is 4.92. The van der Waals surface area contributed by atoms with Gasteiger partial charge in [-0.1, -0.05) is 12.1 Å². The third-order valence-corrected chi connectivity index (χ3v) is 4.92. The molecule has 0 unspecified atom stereocenters. The van der Waals surface area contributed by atoms with Crippen molar-refractivity contribution in [2.45, 2.75) is 18.4 Å². The number of nitrogens with one attached hydrogen (secondary N) is 1. The molecule has 0 atom stereocenters. The zero-order chi connectivity index (χ0) is 14.0. The maximum absolute atomic E-state index is 13.2. The first-order valence-electron chi connectivity index (χ1n) is 7.61. The number of piperidine rings is 1. The second-order valence-corrected chi connectivity index (χ2v) is 6.08. The molecule has 0 aliphatic carbocycles. The molecule has 2 saturated heterocycles. The predicted molar refractivity (Wildman–Crippen MR) is 79.3 cm³/mol. The number of piperazine rings is 1. The maximum Gasteiger partial charge on any atom is 0.123 e. The van der Waals surface area contributed by atoms with Crippen LogP contribution in [0.25, 0.3) is 0 Å². The van der Waals surface area contributed by atoms with Gasteiger partial charge in [-0.05, 0) is 50.7 Å². The highest BCUT2D eigenvalue weighted by molar-refractivity contribution is 5.26. The first-order valence-corrected chi connectivity index (χ1v) is 7.61. The summed E-state index contributed by atoms with van der Waals surface area (Å²) in [5.41, 5.74) is 1.38. The minimum atomic E-state index is -0.142. The fourth-order valence-corrected chi connectivity index (χ4v) is 3.62. The normalized spacial score (nSPS) is 24.7. The zero-order valence-electron chi connectivity index (χ0n) is 12.2. The average molecular weight is 277 g/mol. The number of likely N-dealkylation sites (N-methyl/N-ethyl adjacent to an activating group) is 1. The number of rotatable bonds is 2. The van der Waals surface area contributed by atoms with Gasteiger partial charge in [-0.3, -0.25) is 4.90 Å². The van der Waals surface area contributed by atoms with Gasteiger partial charge in [0.1, 0.15) is 5.82 Å². The van der Waals surface area contributed by atoms with Gasteiger partial charge in [-0.15, -0.1) is 0 Å². The van der Waals surface area contributed by atoms with Gasteiger partial charge in [0.15, 0.2) is 0 Å². The fourth-order valence-electron chi connectivity index (χ4n) is 3.62. The van der Waals surface area contributed by atoms with Crippen molar-refractivity contribution in [2.75, 3.05) is 46.3 Å². The molecule has 3 rings (SSSR count). The van der Waals surface area contributed by atoms with E-state index in [0.29, 0.717) is 0 Å². The summed E-state index contributed by atoms with van der Waals surface area (Å²) in [5.74, 6) is -0.142. The lowest BCUT2D eigenvalue weighted by Gasteiger charge is -2.50. The summed E-state index contributed by atoms with van der Waals surface area (Å²) in [6.45, 7) is 6.54. The molecule has 3 nitrogen and oxygen atoms in total. The van der Waals surface area contributed by atoms with Crippen LogP contribution in [0, 0.1) is 5.82 Å². The van der Waals surface area contributed by atoms with Crippen molar-refractivity contribution in [3.8, 4) is 0 Å². The molecule has 2 heterocycles. The van der Waals surface area contributed by atoms with Crippen LogP contribution in [-0.4, -0.2) is 56.1 Å². The first kappa shape index (κ1) is 14.0. The smallest absolute Gasteiger partial charge is 0.123 e. The van der Waals surface area contributed by atoms with Gasteiger partial charge in [-0.2, -0.15) is 0 Å². The number of hydrogen-bond donors (Lipinski definition) is 1. The molecular formula is C16H24FN3. The Morgan fingerprint density at radius 3 is 2.20 bits per heavy atom. The average Bonchev–Trinajstić information content (AvgIpc) is 2.49. The number of nitrogens with zero attached hydrogens (tertiary/aromatic N) is 2. The van der Waals surface area contributed by atoms with Crippen LogP contribution in [0.4, 0.5) is 4.39 Å². The van der Waals surface area contributed by atoms with Gasteiger partial charge < -0.3 is 10.2 Å². The van der Waals surface area contributed by atoms with E-state index in [1.165, 1.54) is 5.56 Å². The van der Waals surface area contributed by atoms with Crippen LogP contribution in [0.15, 0.2) is 24.3 Å². The van der Waals surface area contributed by atoms with Gasteiger partial charge in [0.2, 0.25) is 0 Å². The van der Waals surface area contributed by atoms with E-state index in [1.807, 2.05) is 12.1 Å². The van der Waals surface area contributed by atoms with Gasteiger partial charge in [0.25, 0.3) is 0 Å². The molecule has 0 aromatic heterocycles. The van der Waals surface area contributed by atoms with Crippen LogP contribution >= 0.6 is 0 Å². The molecule has 0 bridgehead atoms. The SMILES string of the molecule is CN1CCN(C2(c3ccc(F)cc3)CCNCC2)CC1. The highest BCUT2D eigenvalue weighted by Crippen LogP contribution is 2.37. The molecule has 20 heavy (non-hydrogen) atoms. The summed E-state index contributed by atoms with van der Waals surface area (Å²) >= 11 is 0. The summed E-state index contributed by atoms with van der Waals surface area (Å²) in [6, 6.07) is 7.18. The van der Waals surface area contributed by atoms with Crippen molar-refractivity contribution in [2.24, 2.45) is 0 Å². The Morgan fingerprint density at radius 1 is 1.00 bits per heavy atom. The summed E-state index contributed by atoms with van der Waals surface area (Å²) in [5, 5.41) is 3.46. The largest absolute Gasteiger partial charge is 0.317 e. The van der Waals surface area contributed by atoms with E-state index in [0.717, 1.165) is 52.1 Å². The molecule has 0 amide bonds. The lowest BCUT2D eigenvalue weighted by Crippen LogP contribution is -2.58. The second kappa shape index (κ2) is 5.80. The van der Waals surface area contributed by atoms with E-state index >= 15 is 0 Å². The van der Waals surface area contributed by atoms with Crippen LogP contribution in [-0.2, 0) is 5.54 Å². The van der Waals surface area contributed by atoms with Gasteiger partial charge in [-0.25, -0.2) is 4.39 Å². The Bertz CT molecular complexity index is 432. The van der Waals surface area contributed by atoms with Crippen molar-refractivity contribution < 1.29 is 4.39 Å². The summed E-state index contributed by atoms with van der Waals surface area (Å²) < 4.78 is 13.2. The minimum Gasteiger partial charge on any atom is -0.317 e. The Kier molecular flexibility index (Phi) is 4.06. The maximum atomic E-state index is 13.2. The summed E-state index contributed by atoms with van der Waals surface area (Å²) in [4.78, 5) is 5.01. The topological polar surface area (TPSA) is 18.5 Å². The van der Waals surface area contributed by atoms with E-state index in [4.69, 9.17) is 0 Å². The minimum absolute atomic E-state index is 0.0974. The Hall–Kier alpha value is -0.970. The molecule has 2 aliphatic rings. The molecule has 1 aromatic carbocycles. The van der Waals surface area contributed by atoms with Crippen molar-refractivity contribution in [3.63, 3.8) is 0 Å². The van der Waals surface area contributed by atoms with Gasteiger partial charge in [0.05, 0.1) is 0 Å². The van der Waals surface area contributed by atoms with Crippen molar-refractivity contribution in [1.29, 1.82) is 0 Å². The van der Waals surface area contributed by atoms with E-state index in [1.54, 1.807) is 12.1 Å². The molecule has 4 heteroatoms. The molecule has 0 radical (unpaired) electrons.